The number of hydrogen-bond donors (Lipinski definition) is 2. The van der Waals surface area contributed by atoms with Crippen LogP contribution in [0.2, 0.25) is 0 Å². The second kappa shape index (κ2) is 6.50. The van der Waals surface area contributed by atoms with E-state index >= 15 is 0 Å². The van der Waals surface area contributed by atoms with Crippen LogP contribution >= 0.6 is 15.9 Å². The number of carbonyl (C=O) groups is 2. The van der Waals surface area contributed by atoms with Crippen molar-refractivity contribution in [2.24, 2.45) is 5.41 Å². The van der Waals surface area contributed by atoms with E-state index in [-0.39, 0.29) is 11.8 Å². The van der Waals surface area contributed by atoms with Crippen molar-refractivity contribution in [1.29, 1.82) is 0 Å². The van der Waals surface area contributed by atoms with Gasteiger partial charge in [-0.3, -0.25) is 14.6 Å². The highest BCUT2D eigenvalue weighted by Gasteiger charge is 2.56. The van der Waals surface area contributed by atoms with Gasteiger partial charge in [-0.05, 0) is 48.7 Å². The van der Waals surface area contributed by atoms with Gasteiger partial charge >= 0.3 is 0 Å². The smallest absolute Gasteiger partial charge is 0.240 e. The van der Waals surface area contributed by atoms with E-state index in [1.165, 1.54) is 0 Å². The van der Waals surface area contributed by atoms with Gasteiger partial charge in [0, 0.05) is 29.1 Å². The first-order chi connectivity index (χ1) is 11.1. The highest BCUT2D eigenvalue weighted by atomic mass is 79.9. The number of hydrogen-bond acceptors (Lipinski definition) is 3. The third-order valence-corrected chi connectivity index (χ3v) is 4.40. The van der Waals surface area contributed by atoms with Crippen molar-refractivity contribution in [3.8, 4) is 0 Å². The van der Waals surface area contributed by atoms with Crippen LogP contribution < -0.4 is 10.6 Å². The molecule has 1 aromatic heterocycles. The number of halogens is 1. The Morgan fingerprint density at radius 1 is 1.13 bits per heavy atom. The highest BCUT2D eigenvalue weighted by Crippen LogP contribution is 2.47. The third-order valence-electron chi connectivity index (χ3n) is 3.90. The summed E-state index contributed by atoms with van der Waals surface area (Å²) in [5.74, 6) is -0.468. The molecule has 3 rings (SSSR count). The van der Waals surface area contributed by atoms with Gasteiger partial charge in [-0.15, -0.1) is 0 Å². The highest BCUT2D eigenvalue weighted by molar-refractivity contribution is 9.10. The van der Waals surface area contributed by atoms with Crippen LogP contribution in [-0.2, 0) is 16.1 Å². The molecule has 2 aromatic rings. The number of amides is 2. The molecule has 0 spiro atoms. The normalized spacial score (nSPS) is 14.8. The third kappa shape index (κ3) is 3.59. The summed E-state index contributed by atoms with van der Waals surface area (Å²) >= 11 is 3.36. The first-order valence-electron chi connectivity index (χ1n) is 7.34. The van der Waals surface area contributed by atoms with E-state index in [2.05, 4.69) is 31.5 Å². The quantitative estimate of drug-likeness (QED) is 0.791. The van der Waals surface area contributed by atoms with Crippen LogP contribution in [0.1, 0.15) is 18.4 Å². The monoisotopic (exact) mass is 373 g/mol. The Hall–Kier alpha value is -2.21. The predicted octanol–water partition coefficient (Wildman–Crippen LogP) is 2.88. The van der Waals surface area contributed by atoms with Gasteiger partial charge in [0.25, 0.3) is 0 Å². The molecule has 0 bridgehead atoms. The first kappa shape index (κ1) is 15.7. The van der Waals surface area contributed by atoms with E-state index in [9.17, 15) is 9.59 Å². The zero-order chi connectivity index (χ0) is 16.3. The minimum atomic E-state index is -0.935. The number of pyridine rings is 1. The molecule has 1 heterocycles. The Bertz CT molecular complexity index is 730. The van der Waals surface area contributed by atoms with Gasteiger partial charge in [0.2, 0.25) is 11.8 Å². The molecule has 6 heteroatoms. The summed E-state index contributed by atoms with van der Waals surface area (Å²) < 4.78 is 0.877. The van der Waals surface area contributed by atoms with Crippen LogP contribution in [0, 0.1) is 5.41 Å². The average molecular weight is 374 g/mol. The molecule has 1 aliphatic carbocycles. The Morgan fingerprint density at radius 3 is 2.52 bits per heavy atom. The second-order valence-corrected chi connectivity index (χ2v) is 6.50. The minimum Gasteiger partial charge on any atom is -0.351 e. The Kier molecular flexibility index (Phi) is 4.43. The molecule has 5 nitrogen and oxygen atoms in total. The van der Waals surface area contributed by atoms with Crippen molar-refractivity contribution in [3.63, 3.8) is 0 Å². The number of rotatable bonds is 5. The fraction of sp³-hybridized carbons (Fsp3) is 0.235. The van der Waals surface area contributed by atoms with E-state index in [0.29, 0.717) is 25.1 Å². The maximum atomic E-state index is 12.5. The summed E-state index contributed by atoms with van der Waals surface area (Å²) in [5.41, 5.74) is 0.698. The van der Waals surface area contributed by atoms with Gasteiger partial charge in [-0.25, -0.2) is 0 Å². The maximum Gasteiger partial charge on any atom is 0.240 e. The number of nitrogens with one attached hydrogen (secondary N) is 2. The molecule has 0 aliphatic heterocycles. The summed E-state index contributed by atoms with van der Waals surface area (Å²) in [5, 5.41) is 5.67. The Morgan fingerprint density at radius 2 is 1.87 bits per heavy atom. The van der Waals surface area contributed by atoms with Crippen molar-refractivity contribution in [2.75, 3.05) is 5.32 Å². The van der Waals surface area contributed by atoms with Gasteiger partial charge in [0.15, 0.2) is 0 Å². The molecule has 0 unspecified atom stereocenters. The van der Waals surface area contributed by atoms with E-state index in [1.807, 2.05) is 30.3 Å². The lowest BCUT2D eigenvalue weighted by Gasteiger charge is -2.15. The topological polar surface area (TPSA) is 71.1 Å². The summed E-state index contributed by atoms with van der Waals surface area (Å²) in [6, 6.07) is 11.0. The molecule has 1 aromatic carbocycles. The largest absolute Gasteiger partial charge is 0.351 e. The van der Waals surface area contributed by atoms with Gasteiger partial charge in [0.1, 0.15) is 5.41 Å². The molecule has 1 fully saturated rings. The van der Waals surface area contributed by atoms with Crippen molar-refractivity contribution >= 4 is 33.4 Å². The zero-order valence-electron chi connectivity index (χ0n) is 12.4. The summed E-state index contributed by atoms with van der Waals surface area (Å²) in [6.07, 6.45) is 4.51. The molecular formula is C17H16BrN3O2. The predicted molar refractivity (Wildman–Crippen MR) is 90.5 cm³/mol. The number of aromatic nitrogens is 1. The van der Waals surface area contributed by atoms with Crippen molar-refractivity contribution in [1.82, 2.24) is 10.3 Å². The maximum absolute atomic E-state index is 12.5. The van der Waals surface area contributed by atoms with E-state index in [1.54, 1.807) is 18.5 Å². The summed E-state index contributed by atoms with van der Waals surface area (Å²) in [4.78, 5) is 28.8. The van der Waals surface area contributed by atoms with E-state index < -0.39 is 5.41 Å². The Labute approximate surface area is 142 Å². The van der Waals surface area contributed by atoms with Crippen molar-refractivity contribution in [3.05, 3.63) is 58.8 Å². The minimum absolute atomic E-state index is 0.221. The lowest BCUT2D eigenvalue weighted by molar-refractivity contribution is -0.134. The zero-order valence-corrected chi connectivity index (χ0v) is 14.0. The van der Waals surface area contributed by atoms with Crippen molar-refractivity contribution < 1.29 is 9.59 Å². The molecule has 0 radical (unpaired) electrons. The van der Waals surface area contributed by atoms with Gasteiger partial charge in [-0.1, -0.05) is 22.0 Å². The van der Waals surface area contributed by atoms with Crippen LogP contribution in [0.4, 0.5) is 5.69 Å². The molecule has 2 amide bonds. The molecule has 1 aliphatic rings. The molecular weight excluding hydrogens is 358 g/mol. The lowest BCUT2D eigenvalue weighted by atomic mass is 10.0. The van der Waals surface area contributed by atoms with Crippen LogP contribution in [0.5, 0.6) is 0 Å². The molecule has 23 heavy (non-hydrogen) atoms. The number of benzene rings is 1. The van der Waals surface area contributed by atoms with E-state index in [4.69, 9.17) is 0 Å². The van der Waals surface area contributed by atoms with Gasteiger partial charge in [-0.2, -0.15) is 0 Å². The van der Waals surface area contributed by atoms with Crippen LogP contribution in [0.15, 0.2) is 53.3 Å². The second-order valence-electron chi connectivity index (χ2n) is 5.58. The molecule has 1 saturated carbocycles. The number of carbonyl (C=O) groups excluding carboxylic acids is 2. The average Bonchev–Trinajstić information content (AvgIpc) is 3.35. The molecule has 2 N–H and O–H groups in total. The first-order valence-corrected chi connectivity index (χ1v) is 8.14. The summed E-state index contributed by atoms with van der Waals surface area (Å²) in [6.45, 7) is 0.396. The van der Waals surface area contributed by atoms with E-state index in [0.717, 1.165) is 10.0 Å². The standard InChI is InChI=1S/C17H16BrN3O2/c18-13-2-1-3-14(10-13)21-16(23)17(6-7-17)15(22)20-11-12-4-8-19-9-5-12/h1-5,8-10H,6-7,11H2,(H,20,22)(H,21,23). The van der Waals surface area contributed by atoms with Crippen LogP contribution in [0.3, 0.4) is 0 Å². The molecule has 0 saturated heterocycles. The van der Waals surface area contributed by atoms with Gasteiger partial charge in [0.05, 0.1) is 0 Å². The van der Waals surface area contributed by atoms with Crippen LogP contribution in [-0.4, -0.2) is 16.8 Å². The number of anilines is 1. The lowest BCUT2D eigenvalue weighted by Crippen LogP contribution is -2.39. The fourth-order valence-electron chi connectivity index (χ4n) is 2.35. The Balaban J connectivity index is 1.62. The van der Waals surface area contributed by atoms with Crippen LogP contribution in [0.25, 0.3) is 0 Å². The van der Waals surface area contributed by atoms with Gasteiger partial charge < -0.3 is 10.6 Å². The molecule has 0 atom stereocenters. The SMILES string of the molecule is O=C(NCc1ccncc1)C1(C(=O)Nc2cccc(Br)c2)CC1. The molecule has 118 valence electrons. The van der Waals surface area contributed by atoms with Crippen molar-refractivity contribution in [2.45, 2.75) is 19.4 Å². The summed E-state index contributed by atoms with van der Waals surface area (Å²) in [7, 11) is 0. The fourth-order valence-corrected chi connectivity index (χ4v) is 2.75. The number of nitrogens with zero attached hydrogens (tertiary/aromatic N) is 1.